The van der Waals surface area contributed by atoms with Crippen LogP contribution in [0.15, 0.2) is 42.5 Å². The summed E-state index contributed by atoms with van der Waals surface area (Å²) in [4.78, 5) is 2.51. The van der Waals surface area contributed by atoms with Crippen LogP contribution >= 0.6 is 0 Å². The van der Waals surface area contributed by atoms with Crippen molar-refractivity contribution in [1.82, 2.24) is 4.90 Å². The van der Waals surface area contributed by atoms with Gasteiger partial charge < -0.3 is 5.32 Å². The van der Waals surface area contributed by atoms with E-state index in [-0.39, 0.29) is 11.9 Å². The smallest absolute Gasteiger partial charge is 0.123 e. The van der Waals surface area contributed by atoms with E-state index in [1.54, 1.807) is 12.1 Å². The highest BCUT2D eigenvalue weighted by atomic mass is 19.1. The minimum Gasteiger partial charge on any atom is -0.383 e. The maximum Gasteiger partial charge on any atom is 0.123 e. The Balaban J connectivity index is 1.80. The Hall–Kier alpha value is -1.87. The van der Waals surface area contributed by atoms with Crippen LogP contribution in [0.4, 0.5) is 10.1 Å². The molecule has 0 saturated carbocycles. The molecule has 1 saturated heterocycles. The molecule has 0 aromatic heterocycles. The van der Waals surface area contributed by atoms with Crippen LogP contribution in [0.5, 0.6) is 0 Å². The summed E-state index contributed by atoms with van der Waals surface area (Å²) in [6.45, 7) is 7.36. The van der Waals surface area contributed by atoms with Gasteiger partial charge in [-0.3, -0.25) is 4.90 Å². The number of halogens is 1. The summed E-state index contributed by atoms with van der Waals surface area (Å²) in [6, 6.07) is 13.6. The molecule has 1 aliphatic heterocycles. The number of nitrogens with one attached hydrogen (secondary N) is 1. The minimum atomic E-state index is -0.170. The lowest BCUT2D eigenvalue weighted by Crippen LogP contribution is -2.31. The van der Waals surface area contributed by atoms with Gasteiger partial charge in [0.05, 0.1) is 6.04 Å². The quantitative estimate of drug-likeness (QED) is 0.861. The van der Waals surface area contributed by atoms with E-state index < -0.39 is 0 Å². The molecule has 2 aromatic carbocycles. The molecule has 0 amide bonds. The first kappa shape index (κ1) is 16.0. The second-order valence-electron chi connectivity index (χ2n) is 6.46. The molecule has 1 heterocycles. The van der Waals surface area contributed by atoms with Crippen molar-refractivity contribution in [2.24, 2.45) is 0 Å². The van der Waals surface area contributed by atoms with Crippen molar-refractivity contribution < 1.29 is 4.39 Å². The second-order valence-corrected chi connectivity index (χ2v) is 6.46. The first-order valence-corrected chi connectivity index (χ1v) is 8.45. The van der Waals surface area contributed by atoms with Gasteiger partial charge in [0.2, 0.25) is 0 Å². The Morgan fingerprint density at radius 3 is 2.22 bits per heavy atom. The lowest BCUT2D eigenvalue weighted by Gasteiger charge is -2.29. The van der Waals surface area contributed by atoms with Crippen molar-refractivity contribution in [2.45, 2.75) is 32.7 Å². The van der Waals surface area contributed by atoms with Crippen molar-refractivity contribution in [3.8, 4) is 0 Å². The third-order valence-electron chi connectivity index (χ3n) is 4.79. The topological polar surface area (TPSA) is 15.3 Å². The van der Waals surface area contributed by atoms with Crippen LogP contribution in [0.25, 0.3) is 0 Å². The van der Waals surface area contributed by atoms with Crippen LogP contribution in [0.2, 0.25) is 0 Å². The number of benzene rings is 2. The fourth-order valence-electron chi connectivity index (χ4n) is 3.49. The molecule has 1 unspecified atom stereocenters. The highest BCUT2D eigenvalue weighted by Crippen LogP contribution is 2.27. The standard InChI is InChI=1S/C20H25FN2/c1-15-6-5-7-16(2)20(15)22-14-19(23-12-3-4-13-23)17-8-10-18(21)11-9-17/h5-11,19,22H,3-4,12-14H2,1-2H3. The minimum absolute atomic E-state index is 0.170. The van der Waals surface area contributed by atoms with Gasteiger partial charge in [-0.1, -0.05) is 30.3 Å². The molecule has 2 aromatic rings. The molecular formula is C20H25FN2. The van der Waals surface area contributed by atoms with E-state index in [0.717, 1.165) is 19.6 Å². The Morgan fingerprint density at radius 1 is 1.00 bits per heavy atom. The van der Waals surface area contributed by atoms with Crippen molar-refractivity contribution in [2.75, 3.05) is 25.0 Å². The second kappa shape index (κ2) is 7.14. The number of anilines is 1. The van der Waals surface area contributed by atoms with Crippen LogP contribution in [0, 0.1) is 19.7 Å². The van der Waals surface area contributed by atoms with Crippen molar-refractivity contribution in [1.29, 1.82) is 0 Å². The van der Waals surface area contributed by atoms with E-state index in [4.69, 9.17) is 0 Å². The molecule has 0 radical (unpaired) electrons. The maximum absolute atomic E-state index is 13.3. The lowest BCUT2D eigenvalue weighted by atomic mass is 10.0. The molecule has 3 heteroatoms. The third-order valence-corrected chi connectivity index (χ3v) is 4.79. The fraction of sp³-hybridized carbons (Fsp3) is 0.400. The van der Waals surface area contributed by atoms with E-state index in [9.17, 15) is 4.39 Å². The summed E-state index contributed by atoms with van der Waals surface area (Å²) in [5.41, 5.74) is 4.94. The summed E-state index contributed by atoms with van der Waals surface area (Å²) < 4.78 is 13.3. The number of para-hydroxylation sites is 1. The van der Waals surface area contributed by atoms with E-state index in [1.165, 1.54) is 35.2 Å². The van der Waals surface area contributed by atoms with Crippen LogP contribution in [0.3, 0.4) is 0 Å². The van der Waals surface area contributed by atoms with E-state index in [1.807, 2.05) is 12.1 Å². The summed E-state index contributed by atoms with van der Waals surface area (Å²) in [6.07, 6.45) is 2.50. The predicted molar refractivity (Wildman–Crippen MR) is 94.4 cm³/mol. The maximum atomic E-state index is 13.3. The van der Waals surface area contributed by atoms with Crippen molar-refractivity contribution in [3.05, 3.63) is 65.0 Å². The first-order chi connectivity index (χ1) is 11.1. The molecule has 23 heavy (non-hydrogen) atoms. The van der Waals surface area contributed by atoms with Gasteiger partial charge in [-0.15, -0.1) is 0 Å². The molecule has 1 atom stereocenters. The van der Waals surface area contributed by atoms with E-state index in [0.29, 0.717) is 0 Å². The lowest BCUT2D eigenvalue weighted by molar-refractivity contribution is 0.256. The molecule has 1 aliphatic rings. The van der Waals surface area contributed by atoms with Gasteiger partial charge in [-0.2, -0.15) is 0 Å². The first-order valence-electron chi connectivity index (χ1n) is 8.45. The number of aryl methyl sites for hydroxylation is 2. The molecule has 1 N–H and O–H groups in total. The summed E-state index contributed by atoms with van der Waals surface area (Å²) in [5, 5.41) is 3.64. The van der Waals surface area contributed by atoms with Gasteiger partial charge in [-0.25, -0.2) is 4.39 Å². The van der Waals surface area contributed by atoms with Gasteiger partial charge in [0, 0.05) is 12.2 Å². The van der Waals surface area contributed by atoms with Crippen LogP contribution in [-0.2, 0) is 0 Å². The molecule has 122 valence electrons. The summed E-state index contributed by atoms with van der Waals surface area (Å²) in [5.74, 6) is -0.170. The molecule has 3 rings (SSSR count). The highest BCUT2D eigenvalue weighted by Gasteiger charge is 2.23. The zero-order chi connectivity index (χ0) is 16.2. The average molecular weight is 312 g/mol. The van der Waals surface area contributed by atoms with Gasteiger partial charge >= 0.3 is 0 Å². The summed E-state index contributed by atoms with van der Waals surface area (Å²) in [7, 11) is 0. The SMILES string of the molecule is Cc1cccc(C)c1NCC(c1ccc(F)cc1)N1CCCC1. The zero-order valence-corrected chi connectivity index (χ0v) is 14.0. The van der Waals surface area contributed by atoms with Crippen LogP contribution in [0.1, 0.15) is 35.6 Å². The average Bonchev–Trinajstić information content (AvgIpc) is 3.06. The zero-order valence-electron chi connectivity index (χ0n) is 14.0. The highest BCUT2D eigenvalue weighted by molar-refractivity contribution is 5.56. The van der Waals surface area contributed by atoms with Crippen LogP contribution < -0.4 is 5.32 Å². The van der Waals surface area contributed by atoms with E-state index in [2.05, 4.69) is 42.3 Å². The number of likely N-dealkylation sites (tertiary alicyclic amines) is 1. The Kier molecular flexibility index (Phi) is 4.97. The Morgan fingerprint density at radius 2 is 1.61 bits per heavy atom. The Labute approximate surface area is 138 Å². The summed E-state index contributed by atoms with van der Waals surface area (Å²) >= 11 is 0. The molecule has 0 spiro atoms. The molecule has 1 fully saturated rings. The van der Waals surface area contributed by atoms with Gasteiger partial charge in [0.15, 0.2) is 0 Å². The molecule has 2 nitrogen and oxygen atoms in total. The third kappa shape index (κ3) is 3.73. The van der Waals surface area contributed by atoms with Crippen LogP contribution in [-0.4, -0.2) is 24.5 Å². The number of nitrogens with zero attached hydrogens (tertiary/aromatic N) is 1. The van der Waals surface area contributed by atoms with Gasteiger partial charge in [-0.05, 0) is 68.6 Å². The number of hydrogen-bond donors (Lipinski definition) is 1. The molecule has 0 aliphatic carbocycles. The predicted octanol–water partition coefficient (Wildman–Crippen LogP) is 4.69. The van der Waals surface area contributed by atoms with Gasteiger partial charge in [0.1, 0.15) is 5.82 Å². The van der Waals surface area contributed by atoms with Crippen molar-refractivity contribution >= 4 is 5.69 Å². The number of hydrogen-bond acceptors (Lipinski definition) is 2. The van der Waals surface area contributed by atoms with Crippen molar-refractivity contribution in [3.63, 3.8) is 0 Å². The molecular weight excluding hydrogens is 287 g/mol. The normalized spacial score (nSPS) is 16.5. The number of rotatable bonds is 5. The molecule has 0 bridgehead atoms. The Bertz CT molecular complexity index is 625. The monoisotopic (exact) mass is 312 g/mol. The van der Waals surface area contributed by atoms with E-state index >= 15 is 0 Å². The fourth-order valence-corrected chi connectivity index (χ4v) is 3.49. The largest absolute Gasteiger partial charge is 0.383 e. The van der Waals surface area contributed by atoms with Gasteiger partial charge in [0.25, 0.3) is 0 Å².